The molecule has 138 valence electrons. The number of fused-ring (bicyclic) bond motifs is 1. The summed E-state index contributed by atoms with van der Waals surface area (Å²) in [4.78, 5) is 4.32. The largest absolute Gasteiger partial charge is 0.251 e. The van der Waals surface area contributed by atoms with E-state index in [1.165, 1.54) is 12.1 Å². The highest BCUT2D eigenvalue weighted by atomic mass is 32.2. The van der Waals surface area contributed by atoms with E-state index in [4.69, 9.17) is 5.14 Å². The maximum atomic E-state index is 13.8. The summed E-state index contributed by atoms with van der Waals surface area (Å²) in [6, 6.07) is 8.39. The number of nitrogens with zero attached hydrogens (tertiary/aromatic N) is 3. The minimum absolute atomic E-state index is 0.0740. The van der Waals surface area contributed by atoms with Gasteiger partial charge in [-0.05, 0) is 56.4 Å². The topological polar surface area (TPSA) is 73.3 Å². The molecule has 3 rings (SSSR count). The van der Waals surface area contributed by atoms with Crippen molar-refractivity contribution < 1.29 is 8.60 Å². The summed E-state index contributed by atoms with van der Waals surface area (Å²) in [5.74, 6) is -0.234. The van der Waals surface area contributed by atoms with Crippen LogP contribution in [0.1, 0.15) is 45.1 Å². The van der Waals surface area contributed by atoms with E-state index in [2.05, 4.69) is 17.0 Å². The van der Waals surface area contributed by atoms with Gasteiger partial charge in [0.15, 0.2) is 5.65 Å². The molecule has 0 fully saturated rings. The number of aromatic nitrogens is 3. The molecule has 0 aliphatic heterocycles. The second-order valence-corrected chi connectivity index (χ2v) is 8.76. The van der Waals surface area contributed by atoms with Gasteiger partial charge in [0, 0.05) is 18.0 Å². The van der Waals surface area contributed by atoms with Gasteiger partial charge in [0.2, 0.25) is 0 Å². The third-order valence-corrected chi connectivity index (χ3v) is 5.98. The highest BCUT2D eigenvalue weighted by Crippen LogP contribution is 2.36. The Balaban J connectivity index is 2.16. The normalized spacial score (nSPS) is 14.5. The smallest absolute Gasteiger partial charge is 0.153 e. The van der Waals surface area contributed by atoms with Crippen molar-refractivity contribution in [3.63, 3.8) is 0 Å². The van der Waals surface area contributed by atoms with Crippen LogP contribution in [0.15, 0.2) is 42.7 Å². The monoisotopic (exact) mass is 374 g/mol. The molecule has 0 bridgehead atoms. The zero-order chi connectivity index (χ0) is 18.9. The molecule has 0 aliphatic rings. The number of hydrogen-bond acceptors (Lipinski definition) is 3. The van der Waals surface area contributed by atoms with Gasteiger partial charge in [-0.15, -0.1) is 0 Å². The predicted octanol–water partition coefficient (Wildman–Crippen LogP) is 3.82. The van der Waals surface area contributed by atoms with Crippen molar-refractivity contribution in [3.8, 4) is 11.3 Å². The Morgan fingerprint density at radius 3 is 2.77 bits per heavy atom. The molecular weight excluding hydrogens is 351 g/mol. The van der Waals surface area contributed by atoms with Gasteiger partial charge in [-0.3, -0.25) is 5.14 Å². The Morgan fingerprint density at radius 2 is 2.12 bits per heavy atom. The van der Waals surface area contributed by atoms with Crippen molar-refractivity contribution in [2.75, 3.05) is 0 Å². The highest BCUT2D eigenvalue weighted by Gasteiger charge is 2.30. The minimum Gasteiger partial charge on any atom is -0.251 e. The molecule has 26 heavy (non-hydrogen) atoms. The predicted molar refractivity (Wildman–Crippen MR) is 102 cm³/mol. The first-order chi connectivity index (χ1) is 12.3. The second-order valence-electron chi connectivity index (χ2n) is 7.06. The van der Waals surface area contributed by atoms with E-state index in [0.717, 1.165) is 17.6 Å². The molecule has 2 aromatic heterocycles. The lowest BCUT2D eigenvalue weighted by atomic mass is 9.86. The third kappa shape index (κ3) is 3.68. The van der Waals surface area contributed by atoms with Gasteiger partial charge < -0.3 is 0 Å². The molecule has 0 saturated carbocycles. The molecule has 2 heterocycles. The van der Waals surface area contributed by atoms with Crippen LogP contribution in [0.5, 0.6) is 0 Å². The molecule has 3 aromatic rings. The number of imidazole rings is 1. The zero-order valence-corrected chi connectivity index (χ0v) is 16.0. The molecule has 0 saturated heterocycles. The van der Waals surface area contributed by atoms with E-state index in [1.807, 2.05) is 26.0 Å². The summed E-state index contributed by atoms with van der Waals surface area (Å²) in [6.45, 7) is 5.87. The average molecular weight is 374 g/mol. The van der Waals surface area contributed by atoms with Crippen LogP contribution in [0.4, 0.5) is 4.39 Å². The lowest BCUT2D eigenvalue weighted by Gasteiger charge is -2.28. The number of nitrogens with two attached hydrogens (primary N) is 1. The standard InChI is InChI=1S/C19H23FN4OS/c1-4-13(12-19(2,3)26(21)25)16-11-17-22-8-9-24(17)23-18(16)14-6-5-7-15(20)10-14/h5-11,13H,4,12,21H2,1-3H3. The molecule has 2 N–H and O–H groups in total. The number of benzene rings is 1. The van der Waals surface area contributed by atoms with E-state index in [0.29, 0.717) is 17.7 Å². The van der Waals surface area contributed by atoms with Gasteiger partial charge in [-0.2, -0.15) is 5.10 Å². The van der Waals surface area contributed by atoms with Crippen LogP contribution in [0.2, 0.25) is 0 Å². The van der Waals surface area contributed by atoms with Crippen LogP contribution in [0, 0.1) is 5.82 Å². The van der Waals surface area contributed by atoms with Crippen molar-refractivity contribution >= 4 is 16.6 Å². The fourth-order valence-electron chi connectivity index (χ4n) is 3.19. The summed E-state index contributed by atoms with van der Waals surface area (Å²) < 4.78 is 26.9. The molecule has 0 radical (unpaired) electrons. The maximum absolute atomic E-state index is 13.8. The Labute approximate surface area is 155 Å². The number of rotatable bonds is 6. The van der Waals surface area contributed by atoms with Crippen LogP contribution < -0.4 is 5.14 Å². The van der Waals surface area contributed by atoms with Crippen molar-refractivity contribution in [2.24, 2.45) is 5.14 Å². The first-order valence-corrected chi connectivity index (χ1v) is 9.79. The van der Waals surface area contributed by atoms with E-state index in [-0.39, 0.29) is 11.7 Å². The van der Waals surface area contributed by atoms with Gasteiger partial charge in [-0.25, -0.2) is 18.1 Å². The summed E-state index contributed by atoms with van der Waals surface area (Å²) in [5, 5.41) is 10.4. The van der Waals surface area contributed by atoms with Crippen LogP contribution >= 0.6 is 0 Å². The van der Waals surface area contributed by atoms with Crippen LogP contribution in [-0.2, 0) is 11.0 Å². The van der Waals surface area contributed by atoms with Gasteiger partial charge in [-0.1, -0.05) is 19.1 Å². The van der Waals surface area contributed by atoms with Crippen molar-refractivity contribution in [1.29, 1.82) is 0 Å². The van der Waals surface area contributed by atoms with Gasteiger partial charge >= 0.3 is 0 Å². The molecular formula is C19H23FN4OS. The highest BCUT2D eigenvalue weighted by molar-refractivity contribution is 7.84. The van der Waals surface area contributed by atoms with Crippen LogP contribution in [0.25, 0.3) is 16.9 Å². The minimum atomic E-state index is -1.45. The molecule has 2 atom stereocenters. The van der Waals surface area contributed by atoms with E-state index in [1.54, 1.807) is 23.0 Å². The Kier molecular flexibility index (Phi) is 5.20. The van der Waals surface area contributed by atoms with Gasteiger partial charge in [0.05, 0.1) is 21.4 Å². The Hall–Kier alpha value is -2.12. The average Bonchev–Trinajstić information content (AvgIpc) is 3.06. The maximum Gasteiger partial charge on any atom is 0.153 e. The number of halogens is 1. The van der Waals surface area contributed by atoms with E-state index < -0.39 is 15.7 Å². The number of hydrogen-bond donors (Lipinski definition) is 1. The van der Waals surface area contributed by atoms with Crippen molar-refractivity contribution in [1.82, 2.24) is 14.6 Å². The van der Waals surface area contributed by atoms with Crippen LogP contribution in [0.3, 0.4) is 0 Å². The summed E-state index contributed by atoms with van der Waals surface area (Å²) in [5.41, 5.74) is 3.11. The van der Waals surface area contributed by atoms with Crippen LogP contribution in [-0.4, -0.2) is 23.6 Å². The molecule has 7 heteroatoms. The quantitative estimate of drug-likeness (QED) is 0.713. The fraction of sp³-hybridized carbons (Fsp3) is 0.368. The molecule has 0 amide bonds. The van der Waals surface area contributed by atoms with E-state index in [9.17, 15) is 8.60 Å². The molecule has 1 aromatic carbocycles. The zero-order valence-electron chi connectivity index (χ0n) is 15.1. The Bertz CT molecular complexity index is 954. The van der Waals surface area contributed by atoms with Crippen molar-refractivity contribution in [3.05, 3.63) is 54.1 Å². The molecule has 5 nitrogen and oxygen atoms in total. The molecule has 0 aliphatic carbocycles. The first kappa shape index (κ1) is 18.7. The second kappa shape index (κ2) is 7.25. The van der Waals surface area contributed by atoms with E-state index >= 15 is 0 Å². The summed E-state index contributed by atoms with van der Waals surface area (Å²) >= 11 is 0. The third-order valence-electron chi connectivity index (χ3n) is 4.73. The molecule has 0 spiro atoms. The SMILES string of the molecule is CCC(CC(C)(C)S(N)=O)c1cc2nccn2nc1-c1cccc(F)c1. The lowest BCUT2D eigenvalue weighted by molar-refractivity contribution is 0.506. The fourth-order valence-corrected chi connectivity index (χ4v) is 3.56. The summed E-state index contributed by atoms with van der Waals surface area (Å²) in [7, 11) is -1.45. The van der Waals surface area contributed by atoms with Gasteiger partial charge in [0.1, 0.15) is 5.82 Å². The lowest BCUT2D eigenvalue weighted by Crippen LogP contribution is -2.33. The summed E-state index contributed by atoms with van der Waals surface area (Å²) in [6.07, 6.45) is 4.90. The Morgan fingerprint density at radius 1 is 1.35 bits per heavy atom. The van der Waals surface area contributed by atoms with Crippen molar-refractivity contribution in [2.45, 2.75) is 44.3 Å². The van der Waals surface area contributed by atoms with Gasteiger partial charge in [0.25, 0.3) is 0 Å². The first-order valence-electron chi connectivity index (χ1n) is 8.58. The molecule has 2 unspecified atom stereocenters.